The van der Waals surface area contributed by atoms with Gasteiger partial charge in [0, 0.05) is 0 Å². The van der Waals surface area contributed by atoms with Gasteiger partial charge in [-0.3, -0.25) is 4.79 Å². The van der Waals surface area contributed by atoms with Crippen molar-refractivity contribution in [2.24, 2.45) is 11.8 Å². The molecule has 0 saturated heterocycles. The zero-order chi connectivity index (χ0) is 8.85. The average Bonchev–Trinajstić information content (AvgIpc) is 1.98. The summed E-state index contributed by atoms with van der Waals surface area (Å²) in [4.78, 5) is 10.5. The molecule has 11 heavy (non-hydrogen) atoms. The molecule has 0 aromatic rings. The number of carboxylic acids is 1. The number of rotatable bonds is 5. The number of aliphatic carboxylic acids is 1. The smallest absolute Gasteiger partial charge is 0.306 e. The molecule has 2 atom stereocenters. The van der Waals surface area contributed by atoms with Crippen LogP contribution in [0.5, 0.6) is 0 Å². The van der Waals surface area contributed by atoms with Gasteiger partial charge in [0.25, 0.3) is 0 Å². The maximum Gasteiger partial charge on any atom is 0.306 e. The predicted octanol–water partition coefficient (Wildman–Crippen LogP) is 2.31. The van der Waals surface area contributed by atoms with Crippen LogP contribution in [0.4, 0.5) is 0 Å². The van der Waals surface area contributed by atoms with E-state index in [0.717, 1.165) is 12.8 Å². The van der Waals surface area contributed by atoms with Gasteiger partial charge >= 0.3 is 5.97 Å². The van der Waals surface area contributed by atoms with Crippen molar-refractivity contribution >= 4 is 5.97 Å². The Bertz CT molecular complexity index is 140. The maximum atomic E-state index is 10.5. The normalized spacial score (nSPS) is 15.5. The van der Waals surface area contributed by atoms with E-state index in [1.54, 1.807) is 13.0 Å². The summed E-state index contributed by atoms with van der Waals surface area (Å²) in [7, 11) is 0. The van der Waals surface area contributed by atoms with Crippen molar-refractivity contribution in [2.75, 3.05) is 0 Å². The SMILES string of the molecule is C=C[C@@H](CCC)[C@@H](C)C(=O)O. The Hall–Kier alpha value is -0.790. The molecular weight excluding hydrogens is 140 g/mol. The number of hydrogen-bond donors (Lipinski definition) is 1. The van der Waals surface area contributed by atoms with Crippen molar-refractivity contribution < 1.29 is 9.90 Å². The average molecular weight is 156 g/mol. The minimum absolute atomic E-state index is 0.123. The zero-order valence-corrected chi connectivity index (χ0v) is 7.21. The third kappa shape index (κ3) is 3.21. The molecule has 0 aromatic heterocycles. The zero-order valence-electron chi connectivity index (χ0n) is 7.21. The van der Waals surface area contributed by atoms with Crippen LogP contribution in [0, 0.1) is 11.8 Å². The summed E-state index contributed by atoms with van der Waals surface area (Å²) in [6.45, 7) is 7.39. The molecule has 0 rings (SSSR count). The third-order valence-corrected chi connectivity index (χ3v) is 1.96. The van der Waals surface area contributed by atoms with Crippen molar-refractivity contribution in [1.29, 1.82) is 0 Å². The lowest BCUT2D eigenvalue weighted by Gasteiger charge is -2.15. The van der Waals surface area contributed by atoms with Crippen LogP contribution in [0.1, 0.15) is 26.7 Å². The van der Waals surface area contributed by atoms with Gasteiger partial charge in [0.1, 0.15) is 0 Å². The van der Waals surface area contributed by atoms with Crippen molar-refractivity contribution in [3.05, 3.63) is 12.7 Å². The Morgan fingerprint density at radius 3 is 2.55 bits per heavy atom. The first-order valence-corrected chi connectivity index (χ1v) is 3.98. The second-order valence-corrected chi connectivity index (χ2v) is 2.82. The van der Waals surface area contributed by atoms with Crippen molar-refractivity contribution in [1.82, 2.24) is 0 Å². The topological polar surface area (TPSA) is 37.3 Å². The van der Waals surface area contributed by atoms with Crippen LogP contribution >= 0.6 is 0 Å². The summed E-state index contributed by atoms with van der Waals surface area (Å²) in [6, 6.07) is 0. The molecule has 0 heterocycles. The number of carboxylic acid groups (broad SMARTS) is 1. The van der Waals surface area contributed by atoms with Gasteiger partial charge in [-0.1, -0.05) is 26.3 Å². The molecule has 1 N–H and O–H groups in total. The Morgan fingerprint density at radius 1 is 1.73 bits per heavy atom. The minimum Gasteiger partial charge on any atom is -0.481 e. The Morgan fingerprint density at radius 2 is 2.27 bits per heavy atom. The largest absolute Gasteiger partial charge is 0.481 e. The van der Waals surface area contributed by atoms with E-state index in [1.807, 2.05) is 6.92 Å². The third-order valence-electron chi connectivity index (χ3n) is 1.96. The van der Waals surface area contributed by atoms with Crippen LogP contribution in [0.25, 0.3) is 0 Å². The molecule has 0 unspecified atom stereocenters. The molecule has 0 radical (unpaired) electrons. The highest BCUT2D eigenvalue weighted by atomic mass is 16.4. The van der Waals surface area contributed by atoms with E-state index in [4.69, 9.17) is 5.11 Å². The predicted molar refractivity (Wildman–Crippen MR) is 45.4 cm³/mol. The first kappa shape index (κ1) is 10.2. The number of hydrogen-bond acceptors (Lipinski definition) is 1. The Kier molecular flexibility index (Phi) is 4.59. The van der Waals surface area contributed by atoms with Crippen LogP contribution in [0.2, 0.25) is 0 Å². The van der Waals surface area contributed by atoms with Crippen LogP contribution in [-0.2, 0) is 4.79 Å². The first-order valence-electron chi connectivity index (χ1n) is 3.98. The second-order valence-electron chi connectivity index (χ2n) is 2.82. The summed E-state index contributed by atoms with van der Waals surface area (Å²) >= 11 is 0. The molecule has 0 bridgehead atoms. The molecule has 2 nitrogen and oxygen atoms in total. The molecule has 0 fully saturated rings. The standard InChI is InChI=1S/C9H16O2/c1-4-6-8(5-2)7(3)9(10)11/h5,7-8H,2,4,6H2,1,3H3,(H,10,11)/t7-,8+/m1/s1. The van der Waals surface area contributed by atoms with E-state index < -0.39 is 5.97 Å². The van der Waals surface area contributed by atoms with Gasteiger partial charge in [0.15, 0.2) is 0 Å². The molecule has 64 valence electrons. The number of carbonyl (C=O) groups is 1. The molecule has 0 spiro atoms. The summed E-state index contributed by atoms with van der Waals surface area (Å²) in [6.07, 6.45) is 3.66. The van der Waals surface area contributed by atoms with Crippen molar-refractivity contribution in [3.8, 4) is 0 Å². The van der Waals surface area contributed by atoms with E-state index in [0.29, 0.717) is 0 Å². The van der Waals surface area contributed by atoms with E-state index >= 15 is 0 Å². The van der Waals surface area contributed by atoms with Gasteiger partial charge in [0.2, 0.25) is 0 Å². The molecule has 0 amide bonds. The lowest BCUT2D eigenvalue weighted by Crippen LogP contribution is -2.18. The molecule has 0 aliphatic rings. The molecule has 0 aromatic carbocycles. The molecule has 0 aliphatic carbocycles. The first-order chi connectivity index (χ1) is 5.13. The van der Waals surface area contributed by atoms with Crippen LogP contribution < -0.4 is 0 Å². The summed E-state index contributed by atoms with van der Waals surface area (Å²) in [5, 5.41) is 8.66. The van der Waals surface area contributed by atoms with Crippen LogP contribution in [0.15, 0.2) is 12.7 Å². The van der Waals surface area contributed by atoms with E-state index in [9.17, 15) is 4.79 Å². The lowest BCUT2D eigenvalue weighted by molar-refractivity contribution is -0.142. The fourth-order valence-electron chi connectivity index (χ4n) is 1.09. The fourth-order valence-corrected chi connectivity index (χ4v) is 1.09. The number of allylic oxidation sites excluding steroid dienone is 1. The molecule has 2 heteroatoms. The van der Waals surface area contributed by atoms with Gasteiger partial charge in [-0.05, 0) is 12.3 Å². The summed E-state index contributed by atoms with van der Waals surface area (Å²) in [5.74, 6) is -0.909. The van der Waals surface area contributed by atoms with Gasteiger partial charge < -0.3 is 5.11 Å². The minimum atomic E-state index is -0.733. The molecular formula is C9H16O2. The van der Waals surface area contributed by atoms with Gasteiger partial charge in [-0.15, -0.1) is 6.58 Å². The second kappa shape index (κ2) is 4.94. The Labute approximate surface area is 67.9 Å². The quantitative estimate of drug-likeness (QED) is 0.620. The van der Waals surface area contributed by atoms with E-state index in [-0.39, 0.29) is 11.8 Å². The fraction of sp³-hybridized carbons (Fsp3) is 0.667. The van der Waals surface area contributed by atoms with Crippen molar-refractivity contribution in [3.63, 3.8) is 0 Å². The van der Waals surface area contributed by atoms with Gasteiger partial charge in [-0.2, -0.15) is 0 Å². The highest BCUT2D eigenvalue weighted by Crippen LogP contribution is 2.18. The van der Waals surface area contributed by atoms with Crippen LogP contribution in [-0.4, -0.2) is 11.1 Å². The van der Waals surface area contributed by atoms with E-state index in [1.165, 1.54) is 0 Å². The highest BCUT2D eigenvalue weighted by molar-refractivity contribution is 5.70. The highest BCUT2D eigenvalue weighted by Gasteiger charge is 2.19. The molecule has 0 saturated carbocycles. The lowest BCUT2D eigenvalue weighted by atomic mass is 9.90. The summed E-state index contributed by atoms with van der Waals surface area (Å²) < 4.78 is 0. The Balaban J connectivity index is 4.01. The van der Waals surface area contributed by atoms with Crippen LogP contribution in [0.3, 0.4) is 0 Å². The maximum absolute atomic E-state index is 10.5. The van der Waals surface area contributed by atoms with Gasteiger partial charge in [-0.25, -0.2) is 0 Å². The summed E-state index contributed by atoms with van der Waals surface area (Å²) in [5.41, 5.74) is 0. The monoisotopic (exact) mass is 156 g/mol. The van der Waals surface area contributed by atoms with E-state index in [2.05, 4.69) is 6.58 Å². The van der Waals surface area contributed by atoms with Crippen molar-refractivity contribution in [2.45, 2.75) is 26.7 Å². The molecule has 0 aliphatic heterocycles. The van der Waals surface area contributed by atoms with Gasteiger partial charge in [0.05, 0.1) is 5.92 Å².